The lowest BCUT2D eigenvalue weighted by atomic mass is 9.95. The molecule has 0 heterocycles. The molecule has 1 aromatic carbocycles. The highest BCUT2D eigenvalue weighted by Crippen LogP contribution is 2.25. The second kappa shape index (κ2) is 6.26. The Morgan fingerprint density at radius 2 is 2.25 bits per heavy atom. The highest BCUT2D eigenvalue weighted by Gasteiger charge is 2.18. The largest absolute Gasteiger partial charge is 0.481 e. The van der Waals surface area contributed by atoms with E-state index in [2.05, 4.69) is 15.9 Å². The van der Waals surface area contributed by atoms with E-state index in [1.54, 1.807) is 6.07 Å². The number of rotatable bonds is 5. The average molecular weight is 306 g/mol. The van der Waals surface area contributed by atoms with Crippen molar-refractivity contribution in [3.63, 3.8) is 0 Å². The summed E-state index contributed by atoms with van der Waals surface area (Å²) in [5.74, 6) is -1.09. The first-order valence-electron chi connectivity index (χ1n) is 5.21. The van der Waals surface area contributed by atoms with Crippen LogP contribution in [-0.2, 0) is 11.2 Å². The predicted molar refractivity (Wildman–Crippen MR) is 68.9 cm³/mol. The number of halogens is 2. The highest BCUT2D eigenvalue weighted by atomic mass is 79.9. The molecule has 1 unspecified atom stereocenters. The van der Waals surface area contributed by atoms with Gasteiger partial charge in [-0.25, -0.2) is 0 Å². The molecular formula is C12H14BrClO2. The molecule has 1 rings (SSSR count). The second-order valence-electron chi connectivity index (χ2n) is 3.76. The standard InChI is InChI=1S/C12H14BrClO2/c1-2-3-9(12(15)16)6-8-4-5-10(13)7-11(8)14/h4-5,7,9H,2-3,6H2,1H3,(H,15,16). The van der Waals surface area contributed by atoms with Gasteiger partial charge in [-0.1, -0.05) is 46.9 Å². The molecular weight excluding hydrogens is 291 g/mol. The van der Waals surface area contributed by atoms with Crippen LogP contribution in [0.2, 0.25) is 5.02 Å². The van der Waals surface area contributed by atoms with Crippen LogP contribution in [0.25, 0.3) is 0 Å². The van der Waals surface area contributed by atoms with Crippen LogP contribution in [0.5, 0.6) is 0 Å². The van der Waals surface area contributed by atoms with Crippen LogP contribution in [0.4, 0.5) is 0 Å². The molecule has 0 amide bonds. The fraction of sp³-hybridized carbons (Fsp3) is 0.417. The topological polar surface area (TPSA) is 37.3 Å². The summed E-state index contributed by atoms with van der Waals surface area (Å²) >= 11 is 9.38. The third kappa shape index (κ3) is 3.80. The Morgan fingerprint density at radius 3 is 2.75 bits per heavy atom. The van der Waals surface area contributed by atoms with Gasteiger partial charge in [0.05, 0.1) is 5.92 Å². The number of carboxylic acid groups (broad SMARTS) is 1. The van der Waals surface area contributed by atoms with Crippen LogP contribution in [0.1, 0.15) is 25.3 Å². The quantitative estimate of drug-likeness (QED) is 0.887. The van der Waals surface area contributed by atoms with Crippen LogP contribution in [-0.4, -0.2) is 11.1 Å². The van der Waals surface area contributed by atoms with Crippen LogP contribution in [0.15, 0.2) is 22.7 Å². The monoisotopic (exact) mass is 304 g/mol. The molecule has 0 saturated carbocycles. The van der Waals surface area contributed by atoms with Crippen molar-refractivity contribution in [2.75, 3.05) is 0 Å². The molecule has 0 aliphatic rings. The van der Waals surface area contributed by atoms with Gasteiger partial charge in [-0.05, 0) is 30.5 Å². The molecule has 1 N–H and O–H groups in total. The van der Waals surface area contributed by atoms with Gasteiger partial charge in [-0.3, -0.25) is 4.79 Å². The fourth-order valence-corrected chi connectivity index (χ4v) is 2.36. The number of hydrogen-bond acceptors (Lipinski definition) is 1. The summed E-state index contributed by atoms with van der Waals surface area (Å²) in [5.41, 5.74) is 0.894. The minimum Gasteiger partial charge on any atom is -0.481 e. The van der Waals surface area contributed by atoms with E-state index < -0.39 is 5.97 Å². The van der Waals surface area contributed by atoms with Crippen molar-refractivity contribution in [1.29, 1.82) is 0 Å². The molecule has 0 radical (unpaired) electrons. The molecule has 0 aromatic heterocycles. The maximum atomic E-state index is 11.0. The van der Waals surface area contributed by atoms with Gasteiger partial charge in [0, 0.05) is 9.50 Å². The molecule has 0 spiro atoms. The molecule has 2 nitrogen and oxygen atoms in total. The summed E-state index contributed by atoms with van der Waals surface area (Å²) in [5, 5.41) is 9.68. The van der Waals surface area contributed by atoms with Crippen molar-refractivity contribution < 1.29 is 9.90 Å². The number of aliphatic carboxylic acids is 1. The Morgan fingerprint density at radius 1 is 1.56 bits per heavy atom. The summed E-state index contributed by atoms with van der Waals surface area (Å²) in [6.07, 6.45) is 2.04. The first-order chi connectivity index (χ1) is 7.54. The number of benzene rings is 1. The summed E-state index contributed by atoms with van der Waals surface area (Å²) in [6, 6.07) is 5.55. The minimum absolute atomic E-state index is 0.344. The second-order valence-corrected chi connectivity index (χ2v) is 5.09. The SMILES string of the molecule is CCCC(Cc1ccc(Br)cc1Cl)C(=O)O. The molecule has 0 aliphatic heterocycles. The molecule has 0 fully saturated rings. The normalized spacial score (nSPS) is 12.4. The number of carboxylic acids is 1. The first-order valence-corrected chi connectivity index (χ1v) is 6.38. The first kappa shape index (κ1) is 13.5. The van der Waals surface area contributed by atoms with Crippen molar-refractivity contribution in [3.05, 3.63) is 33.3 Å². The third-order valence-corrected chi connectivity index (χ3v) is 3.31. The lowest BCUT2D eigenvalue weighted by Crippen LogP contribution is -2.16. The Balaban J connectivity index is 2.81. The summed E-state index contributed by atoms with van der Waals surface area (Å²) < 4.78 is 0.906. The Kier molecular flexibility index (Phi) is 5.29. The zero-order valence-electron chi connectivity index (χ0n) is 9.04. The van der Waals surface area contributed by atoms with Crippen LogP contribution in [0.3, 0.4) is 0 Å². The Bertz CT molecular complexity index is 379. The van der Waals surface area contributed by atoms with Crippen molar-refractivity contribution in [3.8, 4) is 0 Å². The smallest absolute Gasteiger partial charge is 0.306 e. The predicted octanol–water partition coefficient (Wildman–Crippen LogP) is 4.15. The van der Waals surface area contributed by atoms with Gasteiger partial charge in [0.1, 0.15) is 0 Å². The van der Waals surface area contributed by atoms with E-state index in [9.17, 15) is 4.79 Å². The van der Waals surface area contributed by atoms with Gasteiger partial charge < -0.3 is 5.11 Å². The van der Waals surface area contributed by atoms with Crippen molar-refractivity contribution >= 4 is 33.5 Å². The van der Waals surface area contributed by atoms with Crippen molar-refractivity contribution in [2.45, 2.75) is 26.2 Å². The van der Waals surface area contributed by atoms with Gasteiger partial charge in [0.25, 0.3) is 0 Å². The van der Waals surface area contributed by atoms with E-state index >= 15 is 0 Å². The maximum Gasteiger partial charge on any atom is 0.306 e. The summed E-state index contributed by atoms with van der Waals surface area (Å²) in [4.78, 5) is 11.0. The van der Waals surface area contributed by atoms with E-state index in [4.69, 9.17) is 16.7 Å². The van der Waals surface area contributed by atoms with E-state index in [0.717, 1.165) is 16.5 Å². The summed E-state index contributed by atoms with van der Waals surface area (Å²) in [6.45, 7) is 1.99. The van der Waals surface area contributed by atoms with E-state index in [1.807, 2.05) is 19.1 Å². The number of carbonyl (C=O) groups is 1. The molecule has 1 aromatic rings. The molecule has 0 bridgehead atoms. The lowest BCUT2D eigenvalue weighted by Gasteiger charge is -2.12. The highest BCUT2D eigenvalue weighted by molar-refractivity contribution is 9.10. The zero-order valence-corrected chi connectivity index (χ0v) is 11.4. The lowest BCUT2D eigenvalue weighted by molar-refractivity contribution is -0.141. The van der Waals surface area contributed by atoms with Crippen LogP contribution < -0.4 is 0 Å². The van der Waals surface area contributed by atoms with Crippen molar-refractivity contribution in [2.24, 2.45) is 5.92 Å². The van der Waals surface area contributed by atoms with E-state index in [1.165, 1.54) is 0 Å². The van der Waals surface area contributed by atoms with Crippen LogP contribution >= 0.6 is 27.5 Å². The van der Waals surface area contributed by atoms with Gasteiger partial charge in [0.15, 0.2) is 0 Å². The average Bonchev–Trinajstić information content (AvgIpc) is 2.20. The van der Waals surface area contributed by atoms with Gasteiger partial charge in [0.2, 0.25) is 0 Å². The summed E-state index contributed by atoms with van der Waals surface area (Å²) in [7, 11) is 0. The molecule has 0 saturated heterocycles. The molecule has 4 heteroatoms. The fourth-order valence-electron chi connectivity index (χ4n) is 1.61. The van der Waals surface area contributed by atoms with Crippen LogP contribution in [0, 0.1) is 5.92 Å². The Labute approximate surface area is 109 Å². The molecule has 88 valence electrons. The zero-order chi connectivity index (χ0) is 12.1. The minimum atomic E-state index is -0.749. The van der Waals surface area contributed by atoms with E-state index in [-0.39, 0.29) is 5.92 Å². The molecule has 0 aliphatic carbocycles. The van der Waals surface area contributed by atoms with Crippen molar-refractivity contribution in [1.82, 2.24) is 0 Å². The molecule has 1 atom stereocenters. The van der Waals surface area contributed by atoms with Gasteiger partial charge in [-0.15, -0.1) is 0 Å². The van der Waals surface area contributed by atoms with Gasteiger partial charge >= 0.3 is 5.97 Å². The Hall–Kier alpha value is -0.540. The molecule has 16 heavy (non-hydrogen) atoms. The van der Waals surface area contributed by atoms with Gasteiger partial charge in [-0.2, -0.15) is 0 Å². The third-order valence-electron chi connectivity index (χ3n) is 2.47. The number of hydrogen-bond donors (Lipinski definition) is 1. The maximum absolute atomic E-state index is 11.0. The van der Waals surface area contributed by atoms with E-state index in [0.29, 0.717) is 17.9 Å².